The van der Waals surface area contributed by atoms with E-state index in [4.69, 9.17) is 25.6 Å². The summed E-state index contributed by atoms with van der Waals surface area (Å²) in [6, 6.07) is 3.86. The van der Waals surface area contributed by atoms with Crippen LogP contribution >= 0.6 is 11.6 Å². The first kappa shape index (κ1) is 16.1. The Balaban J connectivity index is 1.71. The summed E-state index contributed by atoms with van der Waals surface area (Å²) in [6.07, 6.45) is 1.01. The summed E-state index contributed by atoms with van der Waals surface area (Å²) >= 11 is 6.46. The van der Waals surface area contributed by atoms with Crippen LogP contribution in [0.15, 0.2) is 16.7 Å². The summed E-state index contributed by atoms with van der Waals surface area (Å²) in [5.74, 6) is 2.91. The zero-order chi connectivity index (χ0) is 16.4. The standard InChI is InChI=1S/C16H20ClN3O3/c1-10-18-16(23-19-10)12-6-7-20(9-12)8-11-4-5-13(21-2)15(22-3)14(11)17/h4-5,12H,6-9H2,1-3H3. The molecule has 7 heteroatoms. The van der Waals surface area contributed by atoms with E-state index in [2.05, 4.69) is 15.0 Å². The molecule has 1 aromatic carbocycles. The number of aryl methyl sites for hydroxylation is 1. The lowest BCUT2D eigenvalue weighted by molar-refractivity contribution is 0.307. The lowest BCUT2D eigenvalue weighted by Gasteiger charge is -2.18. The molecule has 0 bridgehead atoms. The van der Waals surface area contributed by atoms with Crippen LogP contribution in [0.2, 0.25) is 5.02 Å². The first-order chi connectivity index (χ1) is 11.1. The molecule has 0 spiro atoms. The van der Waals surface area contributed by atoms with Gasteiger partial charge >= 0.3 is 0 Å². The molecule has 0 radical (unpaired) electrons. The van der Waals surface area contributed by atoms with Crippen LogP contribution in [-0.2, 0) is 6.54 Å². The van der Waals surface area contributed by atoms with Crippen molar-refractivity contribution in [1.29, 1.82) is 0 Å². The lowest BCUT2D eigenvalue weighted by Crippen LogP contribution is -2.20. The van der Waals surface area contributed by atoms with E-state index < -0.39 is 0 Å². The molecule has 0 saturated carbocycles. The molecule has 0 amide bonds. The van der Waals surface area contributed by atoms with Crippen LogP contribution in [0.5, 0.6) is 11.5 Å². The molecule has 2 heterocycles. The smallest absolute Gasteiger partial charge is 0.231 e. The number of halogens is 1. The number of hydrogen-bond acceptors (Lipinski definition) is 6. The third-order valence-corrected chi connectivity index (χ3v) is 4.54. The van der Waals surface area contributed by atoms with E-state index in [1.807, 2.05) is 19.1 Å². The Morgan fingerprint density at radius 2 is 2.17 bits per heavy atom. The zero-order valence-corrected chi connectivity index (χ0v) is 14.3. The maximum atomic E-state index is 6.46. The molecule has 1 fully saturated rings. The molecule has 1 atom stereocenters. The summed E-state index contributed by atoms with van der Waals surface area (Å²) in [5, 5.41) is 4.47. The number of nitrogens with zero attached hydrogens (tertiary/aromatic N) is 3. The van der Waals surface area contributed by atoms with E-state index in [-0.39, 0.29) is 5.92 Å². The minimum absolute atomic E-state index is 0.287. The highest BCUT2D eigenvalue weighted by Crippen LogP contribution is 2.38. The van der Waals surface area contributed by atoms with Gasteiger partial charge in [-0.3, -0.25) is 4.90 Å². The fourth-order valence-electron chi connectivity index (χ4n) is 2.95. The summed E-state index contributed by atoms with van der Waals surface area (Å²) in [4.78, 5) is 6.67. The average Bonchev–Trinajstić information content (AvgIpc) is 3.18. The first-order valence-electron chi connectivity index (χ1n) is 7.54. The van der Waals surface area contributed by atoms with Gasteiger partial charge in [0.25, 0.3) is 0 Å². The quantitative estimate of drug-likeness (QED) is 0.835. The number of methoxy groups -OCH3 is 2. The summed E-state index contributed by atoms with van der Waals surface area (Å²) in [7, 11) is 3.20. The van der Waals surface area contributed by atoms with Crippen molar-refractivity contribution in [2.75, 3.05) is 27.3 Å². The van der Waals surface area contributed by atoms with Crippen LogP contribution in [0.3, 0.4) is 0 Å². The molecule has 1 saturated heterocycles. The van der Waals surface area contributed by atoms with Gasteiger partial charge in [0.1, 0.15) is 0 Å². The van der Waals surface area contributed by atoms with E-state index in [9.17, 15) is 0 Å². The number of hydrogen-bond donors (Lipinski definition) is 0. The Morgan fingerprint density at radius 3 is 2.83 bits per heavy atom. The molecule has 6 nitrogen and oxygen atoms in total. The monoisotopic (exact) mass is 337 g/mol. The van der Waals surface area contributed by atoms with E-state index in [1.165, 1.54) is 0 Å². The number of ether oxygens (including phenoxy) is 2. The molecule has 1 aliphatic heterocycles. The summed E-state index contributed by atoms with van der Waals surface area (Å²) < 4.78 is 15.9. The molecule has 0 N–H and O–H groups in total. The van der Waals surface area contributed by atoms with E-state index >= 15 is 0 Å². The molecule has 23 heavy (non-hydrogen) atoms. The second kappa shape index (κ2) is 6.76. The van der Waals surface area contributed by atoms with E-state index in [0.29, 0.717) is 22.3 Å². The SMILES string of the molecule is COc1ccc(CN2CCC(c3nc(C)no3)C2)c(Cl)c1OC. The Bertz CT molecular complexity index is 689. The second-order valence-electron chi connectivity index (χ2n) is 5.67. The molecule has 2 aromatic rings. The van der Waals surface area contributed by atoms with Gasteiger partial charge in [0.05, 0.1) is 25.2 Å². The maximum absolute atomic E-state index is 6.46. The van der Waals surface area contributed by atoms with Gasteiger partial charge in [-0.25, -0.2) is 0 Å². The van der Waals surface area contributed by atoms with Crippen molar-refractivity contribution in [3.8, 4) is 11.5 Å². The van der Waals surface area contributed by atoms with Crippen molar-refractivity contribution in [1.82, 2.24) is 15.0 Å². The van der Waals surface area contributed by atoms with Gasteiger partial charge in [0.2, 0.25) is 5.89 Å². The van der Waals surface area contributed by atoms with Gasteiger partial charge in [-0.2, -0.15) is 4.98 Å². The number of aromatic nitrogens is 2. The minimum atomic E-state index is 0.287. The Morgan fingerprint density at radius 1 is 1.35 bits per heavy atom. The Kier molecular flexibility index (Phi) is 4.73. The topological polar surface area (TPSA) is 60.6 Å². The Hall–Kier alpha value is -1.79. The third-order valence-electron chi connectivity index (χ3n) is 4.12. The van der Waals surface area contributed by atoms with Gasteiger partial charge in [-0.15, -0.1) is 0 Å². The molecular formula is C16H20ClN3O3. The summed E-state index contributed by atoms with van der Waals surface area (Å²) in [6.45, 7) is 4.44. The van der Waals surface area contributed by atoms with Gasteiger partial charge < -0.3 is 14.0 Å². The molecule has 124 valence electrons. The van der Waals surface area contributed by atoms with E-state index in [0.717, 1.165) is 37.5 Å². The van der Waals surface area contributed by atoms with Crippen molar-refractivity contribution < 1.29 is 14.0 Å². The van der Waals surface area contributed by atoms with Crippen LogP contribution in [0, 0.1) is 6.92 Å². The number of rotatable bonds is 5. The third kappa shape index (κ3) is 3.28. The van der Waals surface area contributed by atoms with Gasteiger partial charge in [0.15, 0.2) is 17.3 Å². The maximum Gasteiger partial charge on any atom is 0.231 e. The normalized spacial score (nSPS) is 18.3. The molecule has 1 unspecified atom stereocenters. The fraction of sp³-hybridized carbons (Fsp3) is 0.500. The van der Waals surface area contributed by atoms with Crippen molar-refractivity contribution >= 4 is 11.6 Å². The van der Waals surface area contributed by atoms with Crippen LogP contribution in [0.1, 0.15) is 29.6 Å². The molecule has 1 aromatic heterocycles. The minimum Gasteiger partial charge on any atom is -0.493 e. The van der Waals surface area contributed by atoms with Crippen molar-refractivity contribution in [2.24, 2.45) is 0 Å². The zero-order valence-electron chi connectivity index (χ0n) is 13.5. The fourth-order valence-corrected chi connectivity index (χ4v) is 3.24. The number of benzene rings is 1. The average molecular weight is 338 g/mol. The highest BCUT2D eigenvalue weighted by molar-refractivity contribution is 6.33. The first-order valence-corrected chi connectivity index (χ1v) is 7.92. The largest absolute Gasteiger partial charge is 0.493 e. The lowest BCUT2D eigenvalue weighted by atomic mass is 10.1. The van der Waals surface area contributed by atoms with Crippen molar-refractivity contribution in [2.45, 2.75) is 25.8 Å². The van der Waals surface area contributed by atoms with Crippen molar-refractivity contribution in [3.05, 3.63) is 34.4 Å². The van der Waals surface area contributed by atoms with Crippen LogP contribution in [0.25, 0.3) is 0 Å². The molecule has 3 rings (SSSR count). The van der Waals surface area contributed by atoms with Gasteiger partial charge in [-0.05, 0) is 31.5 Å². The van der Waals surface area contributed by atoms with Gasteiger partial charge in [-0.1, -0.05) is 22.8 Å². The summed E-state index contributed by atoms with van der Waals surface area (Å²) in [5.41, 5.74) is 1.02. The predicted octanol–water partition coefficient (Wildman–Crippen LogP) is 3.04. The molecule has 1 aliphatic rings. The van der Waals surface area contributed by atoms with Crippen molar-refractivity contribution in [3.63, 3.8) is 0 Å². The highest BCUT2D eigenvalue weighted by Gasteiger charge is 2.28. The molecular weight excluding hydrogens is 318 g/mol. The molecule has 0 aliphatic carbocycles. The van der Waals surface area contributed by atoms with Crippen LogP contribution in [-0.4, -0.2) is 42.3 Å². The van der Waals surface area contributed by atoms with Crippen LogP contribution < -0.4 is 9.47 Å². The van der Waals surface area contributed by atoms with Gasteiger partial charge in [0, 0.05) is 13.1 Å². The predicted molar refractivity (Wildman–Crippen MR) is 86.2 cm³/mol. The van der Waals surface area contributed by atoms with Crippen LogP contribution in [0.4, 0.5) is 0 Å². The number of likely N-dealkylation sites (tertiary alicyclic amines) is 1. The highest BCUT2D eigenvalue weighted by atomic mass is 35.5. The Labute approximate surface area is 140 Å². The second-order valence-corrected chi connectivity index (χ2v) is 6.05. The van der Waals surface area contributed by atoms with E-state index in [1.54, 1.807) is 14.2 Å².